The number of rotatable bonds is 8. The number of hydrogen-bond donors (Lipinski definition) is 1. The smallest absolute Gasteiger partial charge is 0.342 e. The minimum atomic E-state index is -0.555. The van der Waals surface area contributed by atoms with Crippen LogP contribution in [0.15, 0.2) is 54.6 Å². The Balaban J connectivity index is 1.56. The molecule has 0 radical (unpaired) electrons. The van der Waals surface area contributed by atoms with Crippen molar-refractivity contribution in [3.05, 3.63) is 82.7 Å². The molecule has 1 amide bonds. The molecular weight excluding hydrogens is 382 g/mol. The summed E-state index contributed by atoms with van der Waals surface area (Å²) < 4.78 is 12.1. The molecule has 0 saturated carbocycles. The van der Waals surface area contributed by atoms with Crippen molar-refractivity contribution in [3.63, 3.8) is 0 Å². The van der Waals surface area contributed by atoms with Crippen LogP contribution in [0.1, 0.15) is 32.9 Å². The molecule has 1 N–H and O–H groups in total. The van der Waals surface area contributed by atoms with Crippen LogP contribution in [-0.4, -0.2) is 35.4 Å². The summed E-state index contributed by atoms with van der Waals surface area (Å²) in [6.45, 7) is 4.10. The third kappa shape index (κ3) is 5.26. The molecule has 0 atom stereocenters. The van der Waals surface area contributed by atoms with Gasteiger partial charge in [0.05, 0.1) is 25.0 Å². The maximum Gasteiger partial charge on any atom is 0.342 e. The van der Waals surface area contributed by atoms with E-state index in [9.17, 15) is 9.59 Å². The molecule has 0 fully saturated rings. The van der Waals surface area contributed by atoms with Gasteiger partial charge in [0, 0.05) is 6.54 Å². The fourth-order valence-electron chi connectivity index (χ4n) is 3.14. The predicted octanol–water partition coefficient (Wildman–Crippen LogP) is 3.03. The van der Waals surface area contributed by atoms with Crippen LogP contribution in [0.5, 0.6) is 5.75 Å². The lowest BCUT2D eigenvalue weighted by Crippen LogP contribution is -2.28. The first-order valence-electron chi connectivity index (χ1n) is 9.62. The van der Waals surface area contributed by atoms with Crippen LogP contribution in [0.2, 0.25) is 0 Å². The van der Waals surface area contributed by atoms with Gasteiger partial charge in [0.2, 0.25) is 0 Å². The van der Waals surface area contributed by atoms with E-state index in [0.29, 0.717) is 35.8 Å². The average Bonchev–Trinajstić information content (AvgIpc) is 3.04. The molecule has 1 aromatic heterocycles. The summed E-state index contributed by atoms with van der Waals surface area (Å²) in [6, 6.07) is 17.3. The first-order valence-corrected chi connectivity index (χ1v) is 9.62. The maximum atomic E-state index is 12.5. The lowest BCUT2D eigenvalue weighted by Gasteiger charge is -2.08. The van der Waals surface area contributed by atoms with Crippen molar-refractivity contribution >= 4 is 11.9 Å². The van der Waals surface area contributed by atoms with Gasteiger partial charge in [0.1, 0.15) is 11.3 Å². The van der Waals surface area contributed by atoms with E-state index in [1.165, 1.54) is 0 Å². The molecule has 0 aliphatic carbocycles. The number of nitrogens with one attached hydrogen (secondary N) is 1. The highest BCUT2D eigenvalue weighted by molar-refractivity contribution is 5.93. The first kappa shape index (κ1) is 21.1. The largest absolute Gasteiger partial charge is 0.497 e. The third-order valence-electron chi connectivity index (χ3n) is 4.72. The van der Waals surface area contributed by atoms with Crippen molar-refractivity contribution in [3.8, 4) is 5.75 Å². The van der Waals surface area contributed by atoms with E-state index in [-0.39, 0.29) is 12.5 Å². The van der Waals surface area contributed by atoms with E-state index in [1.54, 1.807) is 18.7 Å². The standard InChI is InChI=1S/C23H25N3O4/c1-16-22(17(2)26(25-16)14-18-8-5-4-6-9-18)23(28)30-15-21(27)24-13-19-10-7-11-20(12-19)29-3/h4-12H,13-15H2,1-3H3,(H,24,27). The Morgan fingerprint density at radius 3 is 2.50 bits per heavy atom. The van der Waals surface area contributed by atoms with Gasteiger partial charge < -0.3 is 14.8 Å². The van der Waals surface area contributed by atoms with Crippen LogP contribution in [-0.2, 0) is 22.6 Å². The lowest BCUT2D eigenvalue weighted by atomic mass is 10.2. The molecule has 0 spiro atoms. The summed E-state index contributed by atoms with van der Waals surface area (Å²) in [7, 11) is 1.59. The molecule has 0 aliphatic rings. The number of methoxy groups -OCH3 is 1. The number of nitrogens with zero attached hydrogens (tertiary/aromatic N) is 2. The van der Waals surface area contributed by atoms with Crippen molar-refractivity contribution in [2.75, 3.05) is 13.7 Å². The van der Waals surface area contributed by atoms with Crippen LogP contribution in [0.4, 0.5) is 0 Å². The molecule has 3 rings (SSSR count). The number of carbonyl (C=O) groups excluding carboxylic acids is 2. The van der Waals surface area contributed by atoms with Gasteiger partial charge in [0.25, 0.3) is 5.91 Å². The highest BCUT2D eigenvalue weighted by atomic mass is 16.5. The number of aryl methyl sites for hydroxylation is 1. The van der Waals surface area contributed by atoms with E-state index >= 15 is 0 Å². The van der Waals surface area contributed by atoms with Crippen LogP contribution in [0, 0.1) is 13.8 Å². The summed E-state index contributed by atoms with van der Waals surface area (Å²) in [4.78, 5) is 24.6. The van der Waals surface area contributed by atoms with Gasteiger partial charge in [-0.25, -0.2) is 4.79 Å². The maximum absolute atomic E-state index is 12.5. The van der Waals surface area contributed by atoms with Gasteiger partial charge in [-0.1, -0.05) is 42.5 Å². The van der Waals surface area contributed by atoms with Crippen molar-refractivity contribution < 1.29 is 19.1 Å². The second-order valence-corrected chi connectivity index (χ2v) is 6.89. The molecule has 2 aromatic carbocycles. The van der Waals surface area contributed by atoms with E-state index in [0.717, 1.165) is 11.1 Å². The Morgan fingerprint density at radius 1 is 1.03 bits per heavy atom. The predicted molar refractivity (Wildman–Crippen MR) is 112 cm³/mol. The zero-order valence-corrected chi connectivity index (χ0v) is 17.3. The van der Waals surface area contributed by atoms with Crippen LogP contribution < -0.4 is 10.1 Å². The van der Waals surface area contributed by atoms with Crippen molar-refractivity contribution in [1.82, 2.24) is 15.1 Å². The topological polar surface area (TPSA) is 82.4 Å². The Labute approximate surface area is 175 Å². The molecule has 7 heteroatoms. The van der Waals surface area contributed by atoms with Gasteiger partial charge in [0.15, 0.2) is 6.61 Å². The van der Waals surface area contributed by atoms with Gasteiger partial charge in [-0.05, 0) is 37.1 Å². The lowest BCUT2D eigenvalue weighted by molar-refractivity contribution is -0.124. The van der Waals surface area contributed by atoms with Crippen molar-refractivity contribution in [2.45, 2.75) is 26.9 Å². The van der Waals surface area contributed by atoms with E-state index in [2.05, 4.69) is 10.4 Å². The Kier molecular flexibility index (Phi) is 6.85. The third-order valence-corrected chi connectivity index (χ3v) is 4.72. The minimum Gasteiger partial charge on any atom is -0.497 e. The molecule has 0 bridgehead atoms. The van der Waals surface area contributed by atoms with E-state index < -0.39 is 5.97 Å². The van der Waals surface area contributed by atoms with Gasteiger partial charge >= 0.3 is 5.97 Å². The summed E-state index contributed by atoms with van der Waals surface area (Å²) in [5.41, 5.74) is 3.65. The highest BCUT2D eigenvalue weighted by Crippen LogP contribution is 2.16. The number of carbonyl (C=O) groups is 2. The SMILES string of the molecule is COc1cccc(CNC(=O)COC(=O)c2c(C)nn(Cc3ccccc3)c2C)c1. The number of benzene rings is 2. The fraction of sp³-hybridized carbons (Fsp3) is 0.261. The van der Waals surface area contributed by atoms with Crippen molar-refractivity contribution in [1.29, 1.82) is 0 Å². The number of amides is 1. The minimum absolute atomic E-state index is 0.320. The Morgan fingerprint density at radius 2 is 1.77 bits per heavy atom. The summed E-state index contributed by atoms with van der Waals surface area (Å²) in [5.74, 6) is -0.217. The molecule has 1 heterocycles. The Hall–Kier alpha value is -3.61. The van der Waals surface area contributed by atoms with Gasteiger partial charge in [-0.2, -0.15) is 5.10 Å². The molecule has 0 unspecified atom stereocenters. The monoisotopic (exact) mass is 407 g/mol. The molecule has 30 heavy (non-hydrogen) atoms. The normalized spacial score (nSPS) is 10.5. The van der Waals surface area contributed by atoms with Gasteiger partial charge in [-0.15, -0.1) is 0 Å². The molecule has 3 aromatic rings. The van der Waals surface area contributed by atoms with E-state index in [4.69, 9.17) is 9.47 Å². The zero-order valence-electron chi connectivity index (χ0n) is 17.3. The average molecular weight is 407 g/mol. The second-order valence-electron chi connectivity index (χ2n) is 6.89. The van der Waals surface area contributed by atoms with Crippen LogP contribution >= 0.6 is 0 Å². The van der Waals surface area contributed by atoms with Crippen LogP contribution in [0.25, 0.3) is 0 Å². The second kappa shape index (κ2) is 9.73. The quantitative estimate of drug-likeness (QED) is 0.581. The summed E-state index contributed by atoms with van der Waals surface area (Å²) in [6.07, 6.45) is 0. The van der Waals surface area contributed by atoms with Crippen LogP contribution in [0.3, 0.4) is 0 Å². The van der Waals surface area contributed by atoms with E-state index in [1.807, 2.05) is 61.5 Å². The summed E-state index contributed by atoms with van der Waals surface area (Å²) in [5, 5.41) is 7.18. The fourth-order valence-corrected chi connectivity index (χ4v) is 3.14. The molecule has 0 aliphatic heterocycles. The number of hydrogen-bond acceptors (Lipinski definition) is 5. The molecule has 156 valence electrons. The number of ether oxygens (including phenoxy) is 2. The highest BCUT2D eigenvalue weighted by Gasteiger charge is 2.21. The first-order chi connectivity index (χ1) is 14.5. The molecular formula is C23H25N3O4. The zero-order chi connectivity index (χ0) is 21.5. The Bertz CT molecular complexity index is 1030. The molecule has 7 nitrogen and oxygen atoms in total. The number of esters is 1. The number of aromatic nitrogens is 2. The van der Waals surface area contributed by atoms with Crippen molar-refractivity contribution in [2.24, 2.45) is 0 Å². The van der Waals surface area contributed by atoms with Gasteiger partial charge in [-0.3, -0.25) is 9.48 Å². The molecule has 0 saturated heterocycles. The summed E-state index contributed by atoms with van der Waals surface area (Å²) >= 11 is 0.